The van der Waals surface area contributed by atoms with Crippen molar-refractivity contribution in [2.45, 2.75) is 4.90 Å². The number of anilines is 2. The normalized spacial score (nSPS) is 15.7. The molecule has 2 N–H and O–H groups in total. The van der Waals surface area contributed by atoms with Gasteiger partial charge < -0.3 is 15.1 Å². The zero-order chi connectivity index (χ0) is 18.6. The smallest absolute Gasteiger partial charge is 0.279 e. The minimum Gasteiger partial charge on any atom is -0.360 e. The Balaban J connectivity index is 1.56. The number of nitrogens with zero attached hydrogens (tertiary/aromatic N) is 1. The van der Waals surface area contributed by atoms with Crippen molar-refractivity contribution in [3.8, 4) is 0 Å². The molecule has 0 saturated carbocycles. The molecule has 0 aromatic heterocycles. The van der Waals surface area contributed by atoms with E-state index in [0.29, 0.717) is 12.2 Å². The van der Waals surface area contributed by atoms with Crippen LogP contribution in [-0.2, 0) is 14.6 Å². The van der Waals surface area contributed by atoms with Crippen LogP contribution in [0.2, 0.25) is 0 Å². The molecule has 3 rings (SSSR count). The van der Waals surface area contributed by atoms with Gasteiger partial charge in [-0.3, -0.25) is 4.79 Å². The molecule has 0 spiro atoms. The molecule has 0 unspecified atom stereocenters. The monoisotopic (exact) mass is 374 g/mol. The third-order valence-corrected chi connectivity index (χ3v) is 5.72. The first kappa shape index (κ1) is 18.4. The highest BCUT2D eigenvalue weighted by molar-refractivity contribution is 7.90. The van der Waals surface area contributed by atoms with Crippen LogP contribution in [0.5, 0.6) is 0 Å². The van der Waals surface area contributed by atoms with Crippen LogP contribution in [0.1, 0.15) is 0 Å². The van der Waals surface area contributed by atoms with Gasteiger partial charge in [0.15, 0.2) is 16.4 Å². The van der Waals surface area contributed by atoms with E-state index < -0.39 is 9.84 Å². The molecule has 1 heterocycles. The Morgan fingerprint density at radius 1 is 1.04 bits per heavy atom. The highest BCUT2D eigenvalue weighted by Gasteiger charge is 2.23. The molecule has 1 aliphatic heterocycles. The number of sulfone groups is 1. The molecule has 6 nitrogen and oxygen atoms in total. The maximum absolute atomic E-state index is 12.4. The predicted octanol–water partition coefficient (Wildman–Crippen LogP) is 0.434. The molecule has 1 aliphatic rings. The van der Waals surface area contributed by atoms with Crippen molar-refractivity contribution in [2.24, 2.45) is 0 Å². The summed E-state index contributed by atoms with van der Waals surface area (Å²) in [6, 6.07) is 16.8. The van der Waals surface area contributed by atoms with Crippen LogP contribution in [0.3, 0.4) is 0 Å². The van der Waals surface area contributed by atoms with Crippen LogP contribution >= 0.6 is 0 Å². The molecular weight excluding hydrogens is 350 g/mol. The first-order chi connectivity index (χ1) is 12.4. The van der Waals surface area contributed by atoms with Gasteiger partial charge in [-0.05, 0) is 24.3 Å². The van der Waals surface area contributed by atoms with E-state index >= 15 is 0 Å². The van der Waals surface area contributed by atoms with Gasteiger partial charge in [-0.25, -0.2) is 8.42 Å². The number of quaternary nitrogens is 1. The number of hydrogen-bond acceptors (Lipinski definition) is 4. The van der Waals surface area contributed by atoms with E-state index in [1.165, 1.54) is 16.7 Å². The number of piperazine rings is 1. The van der Waals surface area contributed by atoms with E-state index in [0.717, 1.165) is 32.4 Å². The first-order valence-electron chi connectivity index (χ1n) is 8.66. The van der Waals surface area contributed by atoms with Gasteiger partial charge >= 0.3 is 0 Å². The number of carbonyl (C=O) groups excluding carboxylic acids is 1. The van der Waals surface area contributed by atoms with E-state index in [1.807, 2.05) is 18.2 Å². The van der Waals surface area contributed by atoms with Gasteiger partial charge in [0, 0.05) is 11.9 Å². The fourth-order valence-corrected chi connectivity index (χ4v) is 4.06. The Morgan fingerprint density at radius 2 is 1.65 bits per heavy atom. The van der Waals surface area contributed by atoms with Gasteiger partial charge in [-0.15, -0.1) is 0 Å². The minimum atomic E-state index is -3.38. The van der Waals surface area contributed by atoms with Gasteiger partial charge in [-0.1, -0.05) is 30.3 Å². The summed E-state index contributed by atoms with van der Waals surface area (Å²) in [7, 11) is -3.38. The highest BCUT2D eigenvalue weighted by Crippen LogP contribution is 2.20. The summed E-state index contributed by atoms with van der Waals surface area (Å²) in [5.74, 6) is -0.163. The van der Waals surface area contributed by atoms with Gasteiger partial charge in [0.05, 0.1) is 36.8 Å². The van der Waals surface area contributed by atoms with Gasteiger partial charge in [0.1, 0.15) is 0 Å². The van der Waals surface area contributed by atoms with Crippen molar-refractivity contribution in [1.29, 1.82) is 0 Å². The molecule has 0 atom stereocenters. The Labute approximate surface area is 154 Å². The summed E-state index contributed by atoms with van der Waals surface area (Å²) in [5, 5.41) is 2.75. The number of hydrogen-bond donors (Lipinski definition) is 2. The van der Waals surface area contributed by atoms with Crippen LogP contribution in [0.15, 0.2) is 59.5 Å². The quantitative estimate of drug-likeness (QED) is 0.797. The molecule has 26 heavy (non-hydrogen) atoms. The predicted molar refractivity (Wildman–Crippen MR) is 102 cm³/mol. The summed E-state index contributed by atoms with van der Waals surface area (Å²) in [5.41, 5.74) is 1.56. The lowest BCUT2D eigenvalue weighted by atomic mass is 10.2. The van der Waals surface area contributed by atoms with E-state index in [4.69, 9.17) is 0 Å². The Kier molecular flexibility index (Phi) is 5.58. The van der Waals surface area contributed by atoms with Crippen LogP contribution < -0.4 is 15.1 Å². The largest absolute Gasteiger partial charge is 0.360 e. The zero-order valence-electron chi connectivity index (χ0n) is 14.8. The summed E-state index contributed by atoms with van der Waals surface area (Å²) in [4.78, 5) is 16.0. The van der Waals surface area contributed by atoms with Crippen LogP contribution in [0, 0.1) is 0 Å². The number of amides is 1. The van der Waals surface area contributed by atoms with Crippen molar-refractivity contribution in [2.75, 3.05) is 49.2 Å². The third-order valence-electron chi connectivity index (χ3n) is 4.56. The van der Waals surface area contributed by atoms with Crippen LogP contribution in [-0.4, -0.2) is 53.3 Å². The van der Waals surface area contributed by atoms with Crippen LogP contribution in [0.4, 0.5) is 11.4 Å². The molecule has 1 amide bonds. The second-order valence-electron chi connectivity index (χ2n) is 6.57. The van der Waals surface area contributed by atoms with E-state index in [-0.39, 0.29) is 10.8 Å². The summed E-state index contributed by atoms with van der Waals surface area (Å²) >= 11 is 0. The second kappa shape index (κ2) is 7.88. The van der Waals surface area contributed by atoms with Crippen molar-refractivity contribution in [3.05, 3.63) is 54.6 Å². The number of rotatable bonds is 5. The highest BCUT2D eigenvalue weighted by atomic mass is 32.2. The molecule has 7 heteroatoms. The third kappa shape index (κ3) is 4.62. The average molecular weight is 374 g/mol. The van der Waals surface area contributed by atoms with Crippen molar-refractivity contribution < 1.29 is 18.1 Å². The molecular formula is C19H24N3O3S+. The van der Waals surface area contributed by atoms with Gasteiger partial charge in [0.2, 0.25) is 0 Å². The zero-order valence-corrected chi connectivity index (χ0v) is 15.6. The minimum absolute atomic E-state index is 0.150. The fourth-order valence-electron chi connectivity index (χ4n) is 3.21. The molecule has 1 saturated heterocycles. The van der Waals surface area contributed by atoms with Crippen molar-refractivity contribution >= 4 is 27.1 Å². The Hall–Kier alpha value is -2.38. The van der Waals surface area contributed by atoms with Crippen LogP contribution in [0.25, 0.3) is 0 Å². The van der Waals surface area contributed by atoms with Gasteiger partial charge in [0.25, 0.3) is 5.91 Å². The second-order valence-corrected chi connectivity index (χ2v) is 8.55. The molecule has 2 aromatic carbocycles. The van der Waals surface area contributed by atoms with Gasteiger partial charge in [-0.2, -0.15) is 0 Å². The number of nitrogens with one attached hydrogen (secondary N) is 2. The maximum Gasteiger partial charge on any atom is 0.279 e. The molecule has 0 radical (unpaired) electrons. The van der Waals surface area contributed by atoms with Crippen molar-refractivity contribution in [1.82, 2.24) is 0 Å². The summed E-state index contributed by atoms with van der Waals surface area (Å²) in [6.45, 7) is 3.87. The lowest BCUT2D eigenvalue weighted by molar-refractivity contribution is -0.892. The SMILES string of the molecule is CS(=O)(=O)c1ccccc1NC(=O)C[NH+]1CCN(c2ccccc2)CC1. The maximum atomic E-state index is 12.4. The Bertz CT molecular complexity index is 861. The van der Waals surface area contributed by atoms with E-state index in [2.05, 4.69) is 22.3 Å². The number of para-hydroxylation sites is 2. The molecule has 0 aliphatic carbocycles. The molecule has 138 valence electrons. The first-order valence-corrected chi connectivity index (χ1v) is 10.5. The lowest BCUT2D eigenvalue weighted by Crippen LogP contribution is -3.15. The number of benzene rings is 2. The topological polar surface area (TPSA) is 70.9 Å². The lowest BCUT2D eigenvalue weighted by Gasteiger charge is -2.33. The standard InChI is InChI=1S/C19H23N3O3S/c1-26(24,25)18-10-6-5-9-17(18)20-19(23)15-21-11-13-22(14-12-21)16-7-3-2-4-8-16/h2-10H,11-15H2,1H3,(H,20,23)/p+1. The Morgan fingerprint density at radius 3 is 2.31 bits per heavy atom. The van der Waals surface area contributed by atoms with E-state index in [9.17, 15) is 13.2 Å². The summed E-state index contributed by atoms with van der Waals surface area (Å²) < 4.78 is 23.7. The van der Waals surface area contributed by atoms with E-state index in [1.54, 1.807) is 18.2 Å². The molecule has 0 bridgehead atoms. The fraction of sp³-hybridized carbons (Fsp3) is 0.316. The number of carbonyl (C=O) groups is 1. The van der Waals surface area contributed by atoms with Crippen molar-refractivity contribution in [3.63, 3.8) is 0 Å². The summed E-state index contributed by atoms with van der Waals surface area (Å²) in [6.07, 6.45) is 1.14. The molecule has 1 fully saturated rings. The molecule has 2 aromatic rings. The average Bonchev–Trinajstić information content (AvgIpc) is 2.62.